The Kier molecular flexibility index (Phi) is 3.58. The largest absolute Gasteiger partial charge is 0.294 e. The highest BCUT2D eigenvalue weighted by atomic mass is 16.1. The Morgan fingerprint density at radius 1 is 1.05 bits per heavy atom. The van der Waals surface area contributed by atoms with Gasteiger partial charge in [-0.15, -0.1) is 0 Å². The van der Waals surface area contributed by atoms with Crippen LogP contribution >= 0.6 is 0 Å². The van der Waals surface area contributed by atoms with Gasteiger partial charge in [-0.25, -0.2) is 0 Å². The molecule has 1 aliphatic rings. The summed E-state index contributed by atoms with van der Waals surface area (Å²) in [6.07, 6.45) is 8.84. The van der Waals surface area contributed by atoms with Crippen molar-refractivity contribution in [3.8, 4) is 0 Å². The van der Waals surface area contributed by atoms with Crippen LogP contribution in [0.3, 0.4) is 0 Å². The molecule has 2 heteroatoms. The summed E-state index contributed by atoms with van der Waals surface area (Å²) in [4.78, 5) is 16.9. The molecule has 19 heavy (non-hydrogen) atoms. The molecule has 0 spiro atoms. The van der Waals surface area contributed by atoms with Crippen molar-refractivity contribution < 1.29 is 4.79 Å². The SMILES string of the molecule is O=C(c1ccc2cccnc2c1)C1CCCCCC1. The monoisotopic (exact) mass is 253 g/mol. The van der Waals surface area contributed by atoms with Crippen LogP contribution in [0.4, 0.5) is 0 Å². The minimum Gasteiger partial charge on any atom is -0.294 e. The third-order valence-electron chi connectivity index (χ3n) is 4.12. The molecule has 0 aliphatic heterocycles. The van der Waals surface area contributed by atoms with Crippen LogP contribution < -0.4 is 0 Å². The highest BCUT2D eigenvalue weighted by molar-refractivity contribution is 6.00. The number of Topliss-reactive ketones (excluding diaryl/α,β-unsaturated/α-hetero) is 1. The smallest absolute Gasteiger partial charge is 0.166 e. The quantitative estimate of drug-likeness (QED) is 0.587. The van der Waals surface area contributed by atoms with E-state index in [0.717, 1.165) is 29.3 Å². The Balaban J connectivity index is 1.88. The molecule has 0 amide bonds. The van der Waals surface area contributed by atoms with Gasteiger partial charge in [0.25, 0.3) is 0 Å². The van der Waals surface area contributed by atoms with Crippen LogP contribution in [-0.2, 0) is 0 Å². The van der Waals surface area contributed by atoms with E-state index in [1.165, 1.54) is 25.7 Å². The first-order valence-corrected chi connectivity index (χ1v) is 7.23. The standard InChI is InChI=1S/C17H19NO/c19-17(14-6-3-1-2-4-7-14)15-10-9-13-8-5-11-18-16(13)12-15/h5,8-12,14H,1-4,6-7H2. The van der Waals surface area contributed by atoms with Crippen molar-refractivity contribution in [2.75, 3.05) is 0 Å². The van der Waals surface area contributed by atoms with Crippen LogP contribution in [0, 0.1) is 5.92 Å². The molecule has 1 aromatic carbocycles. The van der Waals surface area contributed by atoms with E-state index < -0.39 is 0 Å². The average Bonchev–Trinajstić information content (AvgIpc) is 2.75. The maximum atomic E-state index is 12.6. The van der Waals surface area contributed by atoms with Crippen molar-refractivity contribution in [3.63, 3.8) is 0 Å². The van der Waals surface area contributed by atoms with Crippen molar-refractivity contribution in [3.05, 3.63) is 42.1 Å². The summed E-state index contributed by atoms with van der Waals surface area (Å²) in [6.45, 7) is 0. The van der Waals surface area contributed by atoms with Crippen LogP contribution in [0.15, 0.2) is 36.5 Å². The number of carbonyl (C=O) groups is 1. The van der Waals surface area contributed by atoms with Gasteiger partial charge >= 0.3 is 0 Å². The molecule has 1 heterocycles. The van der Waals surface area contributed by atoms with E-state index in [9.17, 15) is 4.79 Å². The van der Waals surface area contributed by atoms with E-state index in [1.54, 1.807) is 6.20 Å². The van der Waals surface area contributed by atoms with E-state index in [-0.39, 0.29) is 5.92 Å². The lowest BCUT2D eigenvalue weighted by Gasteiger charge is -2.12. The fourth-order valence-electron chi connectivity index (χ4n) is 3.00. The number of fused-ring (bicyclic) bond motifs is 1. The minimum absolute atomic E-state index is 0.226. The molecule has 2 nitrogen and oxygen atoms in total. The summed E-state index contributed by atoms with van der Waals surface area (Å²) >= 11 is 0. The summed E-state index contributed by atoms with van der Waals surface area (Å²) in [5.74, 6) is 0.540. The number of nitrogens with zero attached hydrogens (tertiary/aromatic N) is 1. The van der Waals surface area contributed by atoms with Gasteiger partial charge in [-0.3, -0.25) is 9.78 Å². The Bertz CT molecular complexity index is 583. The molecule has 1 aromatic heterocycles. The molecular formula is C17H19NO. The Labute approximate surface area is 113 Å². The maximum absolute atomic E-state index is 12.6. The lowest BCUT2D eigenvalue weighted by atomic mass is 9.90. The molecule has 98 valence electrons. The number of carbonyl (C=O) groups excluding carboxylic acids is 1. The number of hydrogen-bond acceptors (Lipinski definition) is 2. The predicted octanol–water partition coefficient (Wildman–Crippen LogP) is 4.39. The van der Waals surface area contributed by atoms with Crippen molar-refractivity contribution in [1.29, 1.82) is 0 Å². The van der Waals surface area contributed by atoms with E-state index in [1.807, 2.05) is 30.3 Å². The molecule has 0 unspecified atom stereocenters. The highest BCUT2D eigenvalue weighted by Gasteiger charge is 2.21. The van der Waals surface area contributed by atoms with Crippen molar-refractivity contribution in [1.82, 2.24) is 4.98 Å². The molecule has 0 saturated heterocycles. The van der Waals surface area contributed by atoms with Crippen molar-refractivity contribution in [2.45, 2.75) is 38.5 Å². The Morgan fingerprint density at radius 2 is 1.84 bits per heavy atom. The zero-order valence-corrected chi connectivity index (χ0v) is 11.1. The summed E-state index contributed by atoms with van der Waals surface area (Å²) in [5, 5.41) is 1.10. The minimum atomic E-state index is 0.226. The highest BCUT2D eigenvalue weighted by Crippen LogP contribution is 2.26. The summed E-state index contributed by atoms with van der Waals surface area (Å²) in [7, 11) is 0. The summed E-state index contributed by atoms with van der Waals surface area (Å²) in [6, 6.07) is 9.86. The third-order valence-corrected chi connectivity index (χ3v) is 4.12. The van der Waals surface area contributed by atoms with Crippen LogP contribution in [0.1, 0.15) is 48.9 Å². The zero-order valence-electron chi connectivity index (χ0n) is 11.1. The normalized spacial score (nSPS) is 17.3. The van der Waals surface area contributed by atoms with E-state index in [4.69, 9.17) is 0 Å². The van der Waals surface area contributed by atoms with Gasteiger partial charge in [0.1, 0.15) is 0 Å². The van der Waals surface area contributed by atoms with Gasteiger partial charge in [0.15, 0.2) is 5.78 Å². The first-order chi connectivity index (χ1) is 9.34. The van der Waals surface area contributed by atoms with Gasteiger partial charge in [0.05, 0.1) is 5.52 Å². The van der Waals surface area contributed by atoms with Gasteiger partial charge in [-0.05, 0) is 25.0 Å². The van der Waals surface area contributed by atoms with Crippen molar-refractivity contribution >= 4 is 16.7 Å². The number of hydrogen-bond donors (Lipinski definition) is 0. The second-order valence-corrected chi connectivity index (χ2v) is 5.46. The van der Waals surface area contributed by atoms with Crippen molar-refractivity contribution in [2.24, 2.45) is 5.92 Å². The van der Waals surface area contributed by atoms with Gasteiger partial charge in [-0.1, -0.05) is 43.9 Å². The van der Waals surface area contributed by atoms with Gasteiger partial charge in [0, 0.05) is 23.1 Å². The maximum Gasteiger partial charge on any atom is 0.166 e. The average molecular weight is 253 g/mol. The molecule has 0 radical (unpaired) electrons. The molecular weight excluding hydrogens is 234 g/mol. The first-order valence-electron chi connectivity index (χ1n) is 7.23. The van der Waals surface area contributed by atoms with Gasteiger partial charge in [-0.2, -0.15) is 0 Å². The molecule has 1 fully saturated rings. The topological polar surface area (TPSA) is 30.0 Å². The van der Waals surface area contributed by atoms with Gasteiger partial charge < -0.3 is 0 Å². The lowest BCUT2D eigenvalue weighted by molar-refractivity contribution is 0.0908. The second-order valence-electron chi connectivity index (χ2n) is 5.46. The van der Waals surface area contributed by atoms with Gasteiger partial charge in [0.2, 0.25) is 0 Å². The molecule has 3 rings (SSSR count). The fourth-order valence-corrected chi connectivity index (χ4v) is 3.00. The molecule has 0 atom stereocenters. The Morgan fingerprint density at radius 3 is 2.63 bits per heavy atom. The number of pyridine rings is 1. The fraction of sp³-hybridized carbons (Fsp3) is 0.412. The molecule has 1 saturated carbocycles. The second kappa shape index (κ2) is 5.52. The Hall–Kier alpha value is -1.70. The number of benzene rings is 1. The van der Waals surface area contributed by atoms with Crippen LogP contribution in [0.25, 0.3) is 10.9 Å². The first kappa shape index (κ1) is 12.3. The van der Waals surface area contributed by atoms with Crippen LogP contribution in [0.5, 0.6) is 0 Å². The zero-order chi connectivity index (χ0) is 13.1. The molecule has 2 aromatic rings. The van der Waals surface area contributed by atoms with Crippen LogP contribution in [-0.4, -0.2) is 10.8 Å². The number of aromatic nitrogens is 1. The third kappa shape index (κ3) is 2.67. The van der Waals surface area contributed by atoms with E-state index in [2.05, 4.69) is 4.98 Å². The molecule has 0 N–H and O–H groups in total. The van der Waals surface area contributed by atoms with E-state index >= 15 is 0 Å². The molecule has 0 bridgehead atoms. The number of rotatable bonds is 2. The predicted molar refractivity (Wildman–Crippen MR) is 77.3 cm³/mol. The van der Waals surface area contributed by atoms with Crippen LogP contribution in [0.2, 0.25) is 0 Å². The summed E-state index contributed by atoms with van der Waals surface area (Å²) in [5.41, 5.74) is 1.75. The molecule has 1 aliphatic carbocycles. The van der Waals surface area contributed by atoms with E-state index in [0.29, 0.717) is 5.78 Å². The lowest BCUT2D eigenvalue weighted by Crippen LogP contribution is -2.14. The summed E-state index contributed by atoms with van der Waals surface area (Å²) < 4.78 is 0. The number of ketones is 1.